The van der Waals surface area contributed by atoms with E-state index in [0.717, 1.165) is 0 Å². The Morgan fingerprint density at radius 2 is 2.36 bits per heavy atom. The smallest absolute Gasteiger partial charge is 0.236 e. The Hall–Kier alpha value is -1.17. The zero-order valence-electron chi connectivity index (χ0n) is 6.57. The molecule has 0 fully saturated rings. The van der Waals surface area contributed by atoms with E-state index in [2.05, 4.69) is 4.99 Å². The normalized spacial score (nSPS) is 14.3. The summed E-state index contributed by atoms with van der Waals surface area (Å²) in [5, 5.41) is 8.48. The van der Waals surface area contributed by atoms with Crippen LogP contribution in [0.3, 0.4) is 0 Å². The van der Waals surface area contributed by atoms with Crippen LogP contribution in [0.15, 0.2) is 4.99 Å². The highest BCUT2D eigenvalue weighted by atomic mass is 16.5. The molecule has 0 aliphatic carbocycles. The second-order valence-electron chi connectivity index (χ2n) is 2.23. The second-order valence-corrected chi connectivity index (χ2v) is 2.23. The summed E-state index contributed by atoms with van der Waals surface area (Å²) in [6.45, 7) is 2.21. The van der Waals surface area contributed by atoms with Gasteiger partial charge in [0, 0.05) is 13.0 Å². The fraction of sp³-hybridized carbons (Fsp3) is 0.714. The van der Waals surface area contributed by atoms with Gasteiger partial charge in [-0.1, -0.05) is 6.92 Å². The number of methoxy groups -OCH3 is 1. The second kappa shape index (κ2) is 5.60. The third-order valence-corrected chi connectivity index (χ3v) is 1.29. The van der Waals surface area contributed by atoms with Crippen molar-refractivity contribution in [3.63, 3.8) is 0 Å². The molecule has 2 unspecified atom stereocenters. The van der Waals surface area contributed by atoms with E-state index in [4.69, 9.17) is 10.00 Å². The first-order valence-electron chi connectivity index (χ1n) is 3.21. The fourth-order valence-electron chi connectivity index (χ4n) is 0.694. The van der Waals surface area contributed by atoms with Crippen molar-refractivity contribution in [2.75, 3.05) is 13.7 Å². The molecular weight excluding hydrogens is 144 g/mol. The van der Waals surface area contributed by atoms with Crippen molar-refractivity contribution in [2.45, 2.75) is 13.0 Å². The predicted molar refractivity (Wildman–Crippen MR) is 38.6 cm³/mol. The van der Waals surface area contributed by atoms with E-state index in [1.54, 1.807) is 6.92 Å². The topological polar surface area (TPSA) is 62.4 Å². The van der Waals surface area contributed by atoms with Crippen LogP contribution in [0.5, 0.6) is 0 Å². The molecule has 0 heterocycles. The van der Waals surface area contributed by atoms with Crippen molar-refractivity contribution in [3.05, 3.63) is 0 Å². The molecular formula is C7H10N2O2. The standard InChI is InChI=1S/C7H10N2O2/c1-6(4-11-2)7(3-8)9-5-10/h6-7H,4H2,1-2H3. The monoisotopic (exact) mass is 154 g/mol. The van der Waals surface area contributed by atoms with Crippen LogP contribution in [0.25, 0.3) is 0 Å². The van der Waals surface area contributed by atoms with Crippen LogP contribution >= 0.6 is 0 Å². The first kappa shape index (κ1) is 9.83. The first-order valence-corrected chi connectivity index (χ1v) is 3.21. The van der Waals surface area contributed by atoms with E-state index in [9.17, 15) is 4.79 Å². The molecule has 0 bridgehead atoms. The first-order chi connectivity index (χ1) is 5.26. The fourth-order valence-corrected chi connectivity index (χ4v) is 0.694. The van der Waals surface area contributed by atoms with Crippen molar-refractivity contribution in [1.29, 1.82) is 5.26 Å². The summed E-state index contributed by atoms with van der Waals surface area (Å²) >= 11 is 0. The molecule has 0 spiro atoms. The Balaban J connectivity index is 4.04. The summed E-state index contributed by atoms with van der Waals surface area (Å²) in [7, 11) is 1.54. The van der Waals surface area contributed by atoms with E-state index in [-0.39, 0.29) is 5.92 Å². The number of carbonyl (C=O) groups excluding carboxylic acids is 1. The highest BCUT2D eigenvalue weighted by Gasteiger charge is 2.14. The van der Waals surface area contributed by atoms with E-state index in [0.29, 0.717) is 6.61 Å². The van der Waals surface area contributed by atoms with Gasteiger partial charge in [-0.05, 0) is 0 Å². The van der Waals surface area contributed by atoms with Crippen LogP contribution in [-0.4, -0.2) is 25.8 Å². The number of hydrogen-bond donors (Lipinski definition) is 0. The number of ether oxygens (including phenoxy) is 1. The Bertz CT molecular complexity index is 191. The molecule has 11 heavy (non-hydrogen) atoms. The number of hydrogen-bond acceptors (Lipinski definition) is 4. The van der Waals surface area contributed by atoms with Crippen molar-refractivity contribution in [3.8, 4) is 6.07 Å². The Labute approximate surface area is 65.5 Å². The maximum absolute atomic E-state index is 9.80. The summed E-state index contributed by atoms with van der Waals surface area (Å²) < 4.78 is 4.79. The minimum atomic E-state index is -0.632. The molecule has 4 nitrogen and oxygen atoms in total. The Morgan fingerprint density at radius 1 is 1.73 bits per heavy atom. The summed E-state index contributed by atoms with van der Waals surface area (Å²) in [6, 6.07) is 1.25. The average Bonchev–Trinajstić information content (AvgIpc) is 2.00. The van der Waals surface area contributed by atoms with Crippen LogP contribution < -0.4 is 0 Å². The number of nitriles is 1. The van der Waals surface area contributed by atoms with Crippen LogP contribution in [0.2, 0.25) is 0 Å². The zero-order chi connectivity index (χ0) is 8.69. The number of rotatable bonds is 4. The quantitative estimate of drug-likeness (QED) is 0.437. The molecule has 0 saturated carbocycles. The van der Waals surface area contributed by atoms with Gasteiger partial charge in [-0.2, -0.15) is 10.3 Å². The van der Waals surface area contributed by atoms with Crippen LogP contribution in [0.4, 0.5) is 0 Å². The summed E-state index contributed by atoms with van der Waals surface area (Å²) in [5.41, 5.74) is 0. The molecule has 60 valence electrons. The van der Waals surface area contributed by atoms with Crippen molar-refractivity contribution >= 4 is 6.08 Å². The highest BCUT2D eigenvalue weighted by molar-refractivity contribution is 5.34. The predicted octanol–water partition coefficient (Wildman–Crippen LogP) is 0.497. The molecule has 4 heteroatoms. The molecule has 0 saturated heterocycles. The van der Waals surface area contributed by atoms with Gasteiger partial charge in [-0.3, -0.25) is 0 Å². The van der Waals surface area contributed by atoms with Crippen molar-refractivity contribution in [2.24, 2.45) is 10.9 Å². The molecule has 0 aliphatic heterocycles. The van der Waals surface area contributed by atoms with E-state index < -0.39 is 6.04 Å². The minimum absolute atomic E-state index is 0.0635. The molecule has 0 rings (SSSR count). The SMILES string of the molecule is COCC(C)C(C#N)N=C=O. The van der Waals surface area contributed by atoms with Gasteiger partial charge in [0.1, 0.15) is 0 Å². The summed E-state index contributed by atoms with van der Waals surface area (Å²) in [5.74, 6) is -0.0635. The van der Waals surface area contributed by atoms with Gasteiger partial charge in [0.05, 0.1) is 12.7 Å². The maximum Gasteiger partial charge on any atom is 0.236 e. The molecule has 0 aromatic heterocycles. The lowest BCUT2D eigenvalue weighted by Crippen LogP contribution is -2.18. The van der Waals surface area contributed by atoms with Crippen LogP contribution in [0.1, 0.15) is 6.92 Å². The minimum Gasteiger partial charge on any atom is -0.384 e. The van der Waals surface area contributed by atoms with Gasteiger partial charge in [-0.15, -0.1) is 0 Å². The Kier molecular flexibility index (Phi) is 5.01. The van der Waals surface area contributed by atoms with Gasteiger partial charge >= 0.3 is 0 Å². The molecule has 0 aromatic rings. The van der Waals surface area contributed by atoms with Crippen molar-refractivity contribution < 1.29 is 9.53 Å². The van der Waals surface area contributed by atoms with Gasteiger partial charge < -0.3 is 4.74 Å². The largest absolute Gasteiger partial charge is 0.384 e. The zero-order valence-corrected chi connectivity index (χ0v) is 6.57. The van der Waals surface area contributed by atoms with Gasteiger partial charge in [0.15, 0.2) is 6.04 Å². The number of isocyanates is 1. The van der Waals surface area contributed by atoms with Crippen LogP contribution in [-0.2, 0) is 9.53 Å². The molecule has 0 N–H and O–H groups in total. The number of aliphatic imine (C=N–C) groups is 1. The third kappa shape index (κ3) is 3.51. The summed E-state index contributed by atoms with van der Waals surface area (Å²) in [6.07, 6.45) is 1.35. The molecule has 2 atom stereocenters. The summed E-state index contributed by atoms with van der Waals surface area (Å²) in [4.78, 5) is 13.1. The Morgan fingerprint density at radius 3 is 2.73 bits per heavy atom. The highest BCUT2D eigenvalue weighted by Crippen LogP contribution is 2.05. The van der Waals surface area contributed by atoms with Gasteiger partial charge in [-0.25, -0.2) is 4.79 Å². The number of nitrogens with zero attached hydrogens (tertiary/aromatic N) is 2. The lowest BCUT2D eigenvalue weighted by molar-refractivity contribution is 0.155. The molecule has 0 radical (unpaired) electrons. The van der Waals surface area contributed by atoms with Crippen molar-refractivity contribution in [1.82, 2.24) is 0 Å². The molecule has 0 amide bonds. The van der Waals surface area contributed by atoms with E-state index >= 15 is 0 Å². The lowest BCUT2D eigenvalue weighted by atomic mass is 10.1. The van der Waals surface area contributed by atoms with Gasteiger partial charge in [0.2, 0.25) is 6.08 Å². The average molecular weight is 154 g/mol. The lowest BCUT2D eigenvalue weighted by Gasteiger charge is -2.09. The van der Waals surface area contributed by atoms with E-state index in [1.165, 1.54) is 13.2 Å². The molecule has 0 aromatic carbocycles. The third-order valence-electron chi connectivity index (χ3n) is 1.29. The van der Waals surface area contributed by atoms with E-state index in [1.807, 2.05) is 6.07 Å². The molecule has 0 aliphatic rings. The van der Waals surface area contributed by atoms with Crippen LogP contribution in [0, 0.1) is 17.2 Å². The van der Waals surface area contributed by atoms with Gasteiger partial charge in [0.25, 0.3) is 0 Å². The maximum atomic E-state index is 9.80.